The van der Waals surface area contributed by atoms with Crippen molar-refractivity contribution in [3.63, 3.8) is 0 Å². The molecule has 0 spiro atoms. The van der Waals surface area contributed by atoms with Gasteiger partial charge in [-0.15, -0.1) is 0 Å². The molecule has 0 aliphatic carbocycles. The summed E-state index contributed by atoms with van der Waals surface area (Å²) in [4.78, 5) is 52.4. The molecule has 1 aliphatic heterocycles. The maximum Gasteiger partial charge on any atom is 0.320 e. The summed E-state index contributed by atoms with van der Waals surface area (Å²) in [6, 6.07) is 22.3. The van der Waals surface area contributed by atoms with Gasteiger partial charge in [-0.25, -0.2) is 0 Å². The number of nitrogens with zero attached hydrogens (tertiary/aromatic N) is 1. The highest BCUT2D eigenvalue weighted by Crippen LogP contribution is 2.28. The molecule has 39 heavy (non-hydrogen) atoms. The lowest BCUT2D eigenvalue weighted by Crippen LogP contribution is -2.52. The summed E-state index contributed by atoms with van der Waals surface area (Å²) in [5.41, 5.74) is 3.29. The van der Waals surface area contributed by atoms with Crippen LogP contribution in [-0.2, 0) is 16.1 Å². The first-order valence-corrected chi connectivity index (χ1v) is 13.1. The Bertz CT molecular complexity index is 1340. The number of benzene rings is 3. The van der Waals surface area contributed by atoms with E-state index < -0.39 is 29.9 Å². The van der Waals surface area contributed by atoms with Gasteiger partial charge < -0.3 is 10.4 Å². The smallest absolute Gasteiger partial charge is 0.320 e. The number of carbonyl (C=O) groups is 4. The number of imide groups is 1. The van der Waals surface area contributed by atoms with Crippen LogP contribution in [0.25, 0.3) is 11.1 Å². The first kappa shape index (κ1) is 27.7. The lowest BCUT2D eigenvalue weighted by atomic mass is 10.0. The monoisotopic (exact) mass is 527 g/mol. The summed E-state index contributed by atoms with van der Waals surface area (Å²) in [7, 11) is 0. The van der Waals surface area contributed by atoms with Crippen molar-refractivity contribution in [1.82, 2.24) is 15.5 Å². The van der Waals surface area contributed by atoms with E-state index in [-0.39, 0.29) is 24.8 Å². The van der Waals surface area contributed by atoms with E-state index in [4.69, 9.17) is 0 Å². The molecular weight excluding hydrogens is 494 g/mol. The molecule has 4 rings (SSSR count). The minimum Gasteiger partial charge on any atom is -0.480 e. The van der Waals surface area contributed by atoms with Crippen LogP contribution in [0.15, 0.2) is 78.9 Å². The average Bonchev–Trinajstić information content (AvgIpc) is 3.18. The molecule has 3 N–H and O–H groups in total. The SMILES string of the molecule is CC(C)CC(NC(CCN1C(=O)c2ccc(-c3ccccc3)cc2C1=O)C(=O)O)C(=O)NCc1ccccc1. The Kier molecular flexibility index (Phi) is 8.88. The maximum atomic E-state index is 13.1. The Labute approximate surface area is 228 Å². The number of nitrogens with one attached hydrogen (secondary N) is 2. The van der Waals surface area contributed by atoms with E-state index in [1.165, 1.54) is 0 Å². The molecule has 0 saturated heterocycles. The van der Waals surface area contributed by atoms with Gasteiger partial charge in [0.2, 0.25) is 5.91 Å². The Morgan fingerprint density at radius 1 is 0.821 bits per heavy atom. The molecule has 3 amide bonds. The highest BCUT2D eigenvalue weighted by Gasteiger charge is 2.37. The molecule has 0 radical (unpaired) electrons. The number of aliphatic carboxylic acids is 1. The van der Waals surface area contributed by atoms with Crippen LogP contribution in [0.1, 0.15) is 53.0 Å². The topological polar surface area (TPSA) is 116 Å². The van der Waals surface area contributed by atoms with Crippen LogP contribution in [0.3, 0.4) is 0 Å². The largest absolute Gasteiger partial charge is 0.480 e. The van der Waals surface area contributed by atoms with E-state index in [9.17, 15) is 24.3 Å². The highest BCUT2D eigenvalue weighted by atomic mass is 16.4. The molecule has 0 aromatic heterocycles. The number of carboxylic acid groups (broad SMARTS) is 1. The summed E-state index contributed by atoms with van der Waals surface area (Å²) >= 11 is 0. The molecule has 202 valence electrons. The van der Waals surface area contributed by atoms with Crippen molar-refractivity contribution >= 4 is 23.7 Å². The summed E-state index contributed by atoms with van der Waals surface area (Å²) < 4.78 is 0. The highest BCUT2D eigenvalue weighted by molar-refractivity contribution is 6.21. The zero-order chi connectivity index (χ0) is 27.9. The van der Waals surface area contributed by atoms with Gasteiger partial charge in [-0.1, -0.05) is 80.6 Å². The molecule has 8 heteroatoms. The van der Waals surface area contributed by atoms with E-state index in [1.54, 1.807) is 18.2 Å². The van der Waals surface area contributed by atoms with Gasteiger partial charge in [0, 0.05) is 13.1 Å². The normalized spacial score (nSPS) is 14.3. The second kappa shape index (κ2) is 12.5. The third kappa shape index (κ3) is 6.78. The zero-order valence-corrected chi connectivity index (χ0v) is 22.1. The fraction of sp³-hybridized carbons (Fsp3) is 0.290. The molecule has 2 unspecified atom stereocenters. The fourth-order valence-corrected chi connectivity index (χ4v) is 4.71. The van der Waals surface area contributed by atoms with Gasteiger partial charge in [0.05, 0.1) is 17.2 Å². The third-order valence-corrected chi connectivity index (χ3v) is 6.75. The van der Waals surface area contributed by atoms with Crippen molar-refractivity contribution in [3.8, 4) is 11.1 Å². The minimum atomic E-state index is -1.15. The predicted molar refractivity (Wildman–Crippen MR) is 148 cm³/mol. The number of amides is 3. The predicted octanol–water partition coefficient (Wildman–Crippen LogP) is 4.11. The van der Waals surface area contributed by atoms with Gasteiger partial charge in [-0.3, -0.25) is 29.4 Å². The second-order valence-corrected chi connectivity index (χ2v) is 10.1. The van der Waals surface area contributed by atoms with Gasteiger partial charge in [-0.05, 0) is 47.6 Å². The van der Waals surface area contributed by atoms with E-state index in [1.807, 2.05) is 74.5 Å². The van der Waals surface area contributed by atoms with Crippen molar-refractivity contribution in [3.05, 3.63) is 95.6 Å². The molecule has 3 aromatic rings. The van der Waals surface area contributed by atoms with E-state index in [0.29, 0.717) is 24.1 Å². The van der Waals surface area contributed by atoms with Gasteiger partial charge in [-0.2, -0.15) is 0 Å². The summed E-state index contributed by atoms with van der Waals surface area (Å²) in [5, 5.41) is 15.7. The summed E-state index contributed by atoms with van der Waals surface area (Å²) in [5.74, 6) is -2.21. The van der Waals surface area contributed by atoms with Crippen LogP contribution in [0.2, 0.25) is 0 Å². The molecule has 0 fully saturated rings. The molecule has 2 atom stereocenters. The van der Waals surface area contributed by atoms with E-state index >= 15 is 0 Å². The summed E-state index contributed by atoms with van der Waals surface area (Å²) in [6.45, 7) is 4.15. The first-order valence-electron chi connectivity index (χ1n) is 13.1. The summed E-state index contributed by atoms with van der Waals surface area (Å²) in [6.07, 6.45) is 0.395. The third-order valence-electron chi connectivity index (χ3n) is 6.75. The van der Waals surface area contributed by atoms with E-state index in [0.717, 1.165) is 21.6 Å². The molecule has 3 aromatic carbocycles. The molecule has 0 bridgehead atoms. The van der Waals surface area contributed by atoms with Crippen LogP contribution in [0, 0.1) is 5.92 Å². The second-order valence-electron chi connectivity index (χ2n) is 10.1. The minimum absolute atomic E-state index is 0.0348. The standard InChI is InChI=1S/C31H33N3O5/c1-20(2)17-27(28(35)32-19-21-9-5-3-6-10-21)33-26(31(38)39)15-16-34-29(36)24-14-13-23(18-25(24)30(34)37)22-11-7-4-8-12-22/h3-14,18,20,26-27,33H,15-17,19H2,1-2H3,(H,32,35)(H,38,39). The van der Waals surface area contributed by atoms with Crippen LogP contribution in [0.5, 0.6) is 0 Å². The van der Waals surface area contributed by atoms with Crippen molar-refractivity contribution in [2.24, 2.45) is 5.92 Å². The molecule has 0 saturated carbocycles. The van der Waals surface area contributed by atoms with Crippen molar-refractivity contribution in [2.45, 2.75) is 45.3 Å². The number of carboxylic acids is 1. The number of hydrogen-bond donors (Lipinski definition) is 3. The zero-order valence-electron chi connectivity index (χ0n) is 22.1. The number of rotatable bonds is 12. The van der Waals surface area contributed by atoms with Crippen LogP contribution >= 0.6 is 0 Å². The number of fused-ring (bicyclic) bond motifs is 1. The molecule has 8 nitrogen and oxygen atoms in total. The Morgan fingerprint density at radius 2 is 1.46 bits per heavy atom. The number of carbonyl (C=O) groups excluding carboxylic acids is 3. The quantitative estimate of drug-likeness (QED) is 0.305. The molecular formula is C31H33N3O5. The fourth-order valence-electron chi connectivity index (χ4n) is 4.71. The lowest BCUT2D eigenvalue weighted by Gasteiger charge is -2.25. The van der Waals surface area contributed by atoms with Crippen LogP contribution in [0.4, 0.5) is 0 Å². The van der Waals surface area contributed by atoms with Gasteiger partial charge in [0.1, 0.15) is 6.04 Å². The first-order chi connectivity index (χ1) is 18.7. The molecule has 1 heterocycles. The van der Waals surface area contributed by atoms with Crippen molar-refractivity contribution < 1.29 is 24.3 Å². The Balaban J connectivity index is 1.42. The Morgan fingerprint density at radius 3 is 2.10 bits per heavy atom. The van der Waals surface area contributed by atoms with Crippen molar-refractivity contribution in [2.75, 3.05) is 6.54 Å². The van der Waals surface area contributed by atoms with Gasteiger partial charge in [0.25, 0.3) is 11.8 Å². The van der Waals surface area contributed by atoms with E-state index in [2.05, 4.69) is 10.6 Å². The average molecular weight is 528 g/mol. The lowest BCUT2D eigenvalue weighted by molar-refractivity contribution is -0.140. The van der Waals surface area contributed by atoms with Gasteiger partial charge in [0.15, 0.2) is 0 Å². The van der Waals surface area contributed by atoms with Crippen LogP contribution < -0.4 is 10.6 Å². The van der Waals surface area contributed by atoms with Crippen molar-refractivity contribution in [1.29, 1.82) is 0 Å². The van der Waals surface area contributed by atoms with Crippen LogP contribution in [-0.4, -0.2) is 52.3 Å². The van der Waals surface area contributed by atoms with Gasteiger partial charge >= 0.3 is 5.97 Å². The Hall–Kier alpha value is -4.30. The number of hydrogen-bond acceptors (Lipinski definition) is 5. The molecule has 1 aliphatic rings. The maximum absolute atomic E-state index is 13.1.